The van der Waals surface area contributed by atoms with E-state index in [1.54, 1.807) is 0 Å². The van der Waals surface area contributed by atoms with E-state index in [2.05, 4.69) is 15.0 Å². The highest BCUT2D eigenvalue weighted by atomic mass is 35.5. The minimum Gasteiger partial charge on any atom is -0.353 e. The summed E-state index contributed by atoms with van der Waals surface area (Å²) in [5.41, 5.74) is 0.875. The van der Waals surface area contributed by atoms with E-state index in [9.17, 15) is 4.79 Å². The highest BCUT2D eigenvalue weighted by Gasteiger charge is 2.47. The highest BCUT2D eigenvalue weighted by molar-refractivity contribution is 6.33. The van der Waals surface area contributed by atoms with Crippen molar-refractivity contribution in [1.29, 1.82) is 0 Å². The van der Waals surface area contributed by atoms with Crippen LogP contribution in [0.3, 0.4) is 0 Å². The Morgan fingerprint density at radius 1 is 1.35 bits per heavy atom. The highest BCUT2D eigenvalue weighted by Crippen LogP contribution is 2.32. The van der Waals surface area contributed by atoms with E-state index >= 15 is 0 Å². The third-order valence-corrected chi connectivity index (χ3v) is 3.62. The Morgan fingerprint density at radius 3 is 3.10 bits per heavy atom. The van der Waals surface area contributed by atoms with Crippen molar-refractivity contribution in [1.82, 2.24) is 19.5 Å². The summed E-state index contributed by atoms with van der Waals surface area (Å²) in [5.74, 6) is -0.174. The minimum atomic E-state index is -0.831. The molecule has 2 aromatic rings. The smallest absolute Gasteiger partial charge is 0.214 e. The second kappa shape index (κ2) is 4.45. The van der Waals surface area contributed by atoms with Crippen molar-refractivity contribution in [2.24, 2.45) is 0 Å². The first-order valence-electron chi connectivity index (χ1n) is 5.97. The van der Waals surface area contributed by atoms with Crippen LogP contribution in [-0.4, -0.2) is 50.9 Å². The summed E-state index contributed by atoms with van der Waals surface area (Å²) < 4.78 is 17.6. The standard InChI is InChI=1S/C11H9ClN4O4/c12-9-6-10(14-2-13-9)16(3-15-6)11-7(17)8-5(20-11)1-18-4-19-8/h2-3,5,8,11H,1,4H2/t5-,8+,11-/m1/s1. The molecule has 0 aliphatic carbocycles. The third-order valence-electron chi connectivity index (χ3n) is 3.34. The van der Waals surface area contributed by atoms with E-state index in [-0.39, 0.29) is 17.7 Å². The van der Waals surface area contributed by atoms with Gasteiger partial charge in [-0.1, -0.05) is 11.6 Å². The number of hydrogen-bond donors (Lipinski definition) is 0. The van der Waals surface area contributed by atoms with Gasteiger partial charge in [-0.2, -0.15) is 0 Å². The van der Waals surface area contributed by atoms with E-state index in [0.717, 1.165) is 0 Å². The molecule has 2 fully saturated rings. The quantitative estimate of drug-likeness (QED) is 0.700. The van der Waals surface area contributed by atoms with Crippen LogP contribution in [0.2, 0.25) is 5.15 Å². The Bertz CT molecular complexity index is 690. The number of fused-ring (bicyclic) bond motifs is 2. The lowest BCUT2D eigenvalue weighted by molar-refractivity contribution is -0.183. The van der Waals surface area contributed by atoms with E-state index in [1.807, 2.05) is 0 Å². The summed E-state index contributed by atoms with van der Waals surface area (Å²) in [5, 5.41) is 0.233. The Kier molecular flexibility index (Phi) is 2.71. The van der Waals surface area contributed by atoms with Gasteiger partial charge in [0.25, 0.3) is 0 Å². The van der Waals surface area contributed by atoms with Gasteiger partial charge in [-0.25, -0.2) is 15.0 Å². The van der Waals surface area contributed by atoms with Gasteiger partial charge >= 0.3 is 0 Å². The summed E-state index contributed by atoms with van der Waals surface area (Å²) in [7, 11) is 0. The fourth-order valence-electron chi connectivity index (χ4n) is 2.43. The van der Waals surface area contributed by atoms with Crippen molar-refractivity contribution < 1.29 is 19.0 Å². The van der Waals surface area contributed by atoms with Gasteiger partial charge in [0.2, 0.25) is 5.78 Å². The van der Waals surface area contributed by atoms with Crippen molar-refractivity contribution in [3.63, 3.8) is 0 Å². The molecule has 8 nitrogen and oxygen atoms in total. The van der Waals surface area contributed by atoms with Crippen molar-refractivity contribution in [2.45, 2.75) is 18.4 Å². The van der Waals surface area contributed by atoms with Gasteiger partial charge in [0, 0.05) is 0 Å². The molecule has 0 spiro atoms. The number of ether oxygens (including phenoxy) is 3. The summed E-state index contributed by atoms with van der Waals surface area (Å²) in [6.07, 6.45) is 0.933. The molecule has 0 N–H and O–H groups in total. The second-order valence-electron chi connectivity index (χ2n) is 4.49. The molecule has 0 bridgehead atoms. The van der Waals surface area contributed by atoms with E-state index in [4.69, 9.17) is 25.8 Å². The number of carbonyl (C=O) groups is 1. The molecule has 104 valence electrons. The number of Topliss-reactive ketones (excluding diaryl/α,β-unsaturated/α-hetero) is 1. The fourth-order valence-corrected chi connectivity index (χ4v) is 2.60. The topological polar surface area (TPSA) is 88.4 Å². The van der Waals surface area contributed by atoms with Gasteiger partial charge in [0.05, 0.1) is 12.9 Å². The van der Waals surface area contributed by atoms with Crippen molar-refractivity contribution in [3.8, 4) is 0 Å². The van der Waals surface area contributed by atoms with Crippen LogP contribution in [0.1, 0.15) is 6.23 Å². The van der Waals surface area contributed by atoms with Crippen molar-refractivity contribution in [3.05, 3.63) is 17.8 Å². The van der Waals surface area contributed by atoms with Gasteiger partial charge < -0.3 is 14.2 Å². The van der Waals surface area contributed by atoms with E-state index < -0.39 is 18.4 Å². The lowest BCUT2D eigenvalue weighted by Gasteiger charge is -2.22. The molecule has 4 rings (SSSR count). The summed E-state index contributed by atoms with van der Waals surface area (Å²) in [4.78, 5) is 24.4. The monoisotopic (exact) mass is 296 g/mol. The largest absolute Gasteiger partial charge is 0.353 e. The van der Waals surface area contributed by atoms with Crippen LogP contribution in [0.4, 0.5) is 0 Å². The predicted octanol–water partition coefficient (Wildman–Crippen LogP) is 0.319. The van der Waals surface area contributed by atoms with Crippen molar-refractivity contribution in [2.75, 3.05) is 13.4 Å². The average molecular weight is 297 g/mol. The zero-order valence-corrected chi connectivity index (χ0v) is 10.9. The molecule has 2 aromatic heterocycles. The Balaban J connectivity index is 1.76. The Hall–Kier alpha value is -1.61. The molecule has 3 atom stereocenters. The molecule has 0 radical (unpaired) electrons. The average Bonchev–Trinajstić information content (AvgIpc) is 3.02. The number of ketones is 1. The Labute approximate surface area is 117 Å². The number of imidazole rings is 1. The number of nitrogens with zero attached hydrogens (tertiary/aromatic N) is 4. The molecule has 2 aliphatic rings. The molecule has 2 saturated heterocycles. The number of aromatic nitrogens is 4. The van der Waals surface area contributed by atoms with Crippen LogP contribution in [-0.2, 0) is 19.0 Å². The maximum atomic E-state index is 12.3. The summed E-state index contributed by atoms with van der Waals surface area (Å²) in [6, 6.07) is 0. The summed E-state index contributed by atoms with van der Waals surface area (Å²) >= 11 is 5.94. The lowest BCUT2D eigenvalue weighted by Crippen LogP contribution is -2.39. The van der Waals surface area contributed by atoms with E-state index in [0.29, 0.717) is 17.8 Å². The van der Waals surface area contributed by atoms with E-state index in [1.165, 1.54) is 17.2 Å². The summed E-state index contributed by atoms with van der Waals surface area (Å²) in [6.45, 7) is 0.428. The number of carbonyl (C=O) groups excluding carboxylic acids is 1. The first kappa shape index (κ1) is 12.2. The van der Waals surface area contributed by atoms with Gasteiger partial charge in [0.15, 0.2) is 23.1 Å². The SMILES string of the molecule is O=C1[C@H]2OCOC[C@H]2O[C@H]1n1cnc2c(Cl)ncnc21. The number of rotatable bonds is 1. The molecule has 0 unspecified atom stereocenters. The molecule has 0 amide bonds. The van der Waals surface area contributed by atoms with Gasteiger partial charge in [-0.3, -0.25) is 9.36 Å². The number of hydrogen-bond acceptors (Lipinski definition) is 7. The van der Waals surface area contributed by atoms with Crippen LogP contribution in [0, 0.1) is 0 Å². The first-order chi connectivity index (χ1) is 9.75. The van der Waals surface area contributed by atoms with Crippen LogP contribution in [0.25, 0.3) is 11.2 Å². The zero-order chi connectivity index (χ0) is 13.7. The zero-order valence-electron chi connectivity index (χ0n) is 10.1. The van der Waals surface area contributed by atoms with Crippen LogP contribution in [0.15, 0.2) is 12.7 Å². The van der Waals surface area contributed by atoms with Crippen LogP contribution >= 0.6 is 11.6 Å². The molecular weight excluding hydrogens is 288 g/mol. The minimum absolute atomic E-state index is 0.0989. The van der Waals surface area contributed by atoms with Gasteiger partial charge in [-0.15, -0.1) is 0 Å². The van der Waals surface area contributed by atoms with Crippen molar-refractivity contribution >= 4 is 28.5 Å². The molecule has 0 aromatic carbocycles. The second-order valence-corrected chi connectivity index (χ2v) is 4.85. The molecule has 0 saturated carbocycles. The van der Waals surface area contributed by atoms with Gasteiger partial charge in [0.1, 0.15) is 24.7 Å². The third kappa shape index (κ3) is 1.66. The molecule has 2 aliphatic heterocycles. The lowest BCUT2D eigenvalue weighted by atomic mass is 10.1. The predicted molar refractivity (Wildman–Crippen MR) is 64.9 cm³/mol. The number of halogens is 1. The van der Waals surface area contributed by atoms with Crippen LogP contribution < -0.4 is 0 Å². The molecular formula is C11H9ClN4O4. The van der Waals surface area contributed by atoms with Crippen LogP contribution in [0.5, 0.6) is 0 Å². The normalized spacial score (nSPS) is 29.9. The maximum absolute atomic E-state index is 12.3. The molecule has 20 heavy (non-hydrogen) atoms. The molecule has 9 heteroatoms. The Morgan fingerprint density at radius 2 is 2.25 bits per heavy atom. The maximum Gasteiger partial charge on any atom is 0.214 e. The van der Waals surface area contributed by atoms with Gasteiger partial charge in [-0.05, 0) is 0 Å². The first-order valence-corrected chi connectivity index (χ1v) is 6.35. The fraction of sp³-hybridized carbons (Fsp3) is 0.455. The molecule has 4 heterocycles.